The molecule has 1 fully saturated rings. The second kappa shape index (κ2) is 2.83. The summed E-state index contributed by atoms with van der Waals surface area (Å²) in [5.41, 5.74) is 0. The van der Waals surface area contributed by atoms with E-state index in [9.17, 15) is 8.42 Å². The maximum atomic E-state index is 12.1. The van der Waals surface area contributed by atoms with Crippen LogP contribution in [0.25, 0.3) is 0 Å². The van der Waals surface area contributed by atoms with Crippen molar-refractivity contribution in [3.05, 3.63) is 30.3 Å². The van der Waals surface area contributed by atoms with Gasteiger partial charge in [0.05, 0.1) is 9.64 Å². The fourth-order valence-electron chi connectivity index (χ4n) is 1.79. The fourth-order valence-corrected chi connectivity index (χ4v) is 3.85. The average molecular weight is 210 g/mol. The molecular weight excluding hydrogens is 196 g/mol. The summed E-state index contributed by atoms with van der Waals surface area (Å²) in [4.78, 5) is 0.451. The summed E-state index contributed by atoms with van der Waals surface area (Å²) in [6, 6.07) is 8.71. The Bertz CT molecular complexity index is 436. The van der Waals surface area contributed by atoms with Crippen LogP contribution in [0.3, 0.4) is 0 Å². The van der Waals surface area contributed by atoms with E-state index in [4.69, 9.17) is 0 Å². The van der Waals surface area contributed by atoms with Gasteiger partial charge in [-0.1, -0.05) is 25.1 Å². The van der Waals surface area contributed by atoms with Crippen LogP contribution in [0.1, 0.15) is 20.3 Å². The van der Waals surface area contributed by atoms with E-state index in [1.54, 1.807) is 24.3 Å². The molecule has 1 aromatic rings. The molecule has 2 atom stereocenters. The zero-order valence-electron chi connectivity index (χ0n) is 8.40. The Kier molecular flexibility index (Phi) is 1.96. The predicted molar refractivity (Wildman–Crippen MR) is 55.8 cm³/mol. The van der Waals surface area contributed by atoms with Crippen LogP contribution in [0.5, 0.6) is 0 Å². The van der Waals surface area contributed by atoms with Crippen LogP contribution in [0.2, 0.25) is 0 Å². The molecule has 0 unspecified atom stereocenters. The van der Waals surface area contributed by atoms with Crippen molar-refractivity contribution in [2.24, 2.45) is 5.92 Å². The third-order valence-corrected chi connectivity index (χ3v) is 5.95. The van der Waals surface area contributed by atoms with Gasteiger partial charge in [-0.2, -0.15) is 0 Å². The van der Waals surface area contributed by atoms with Crippen LogP contribution in [0, 0.1) is 5.92 Å². The molecule has 0 aromatic heterocycles. The largest absolute Gasteiger partial charge is 0.223 e. The molecule has 14 heavy (non-hydrogen) atoms. The number of benzene rings is 1. The molecule has 0 aliphatic heterocycles. The van der Waals surface area contributed by atoms with Gasteiger partial charge in [0.1, 0.15) is 0 Å². The molecule has 0 spiro atoms. The van der Waals surface area contributed by atoms with Gasteiger partial charge in [-0.25, -0.2) is 8.42 Å². The summed E-state index contributed by atoms with van der Waals surface area (Å²) >= 11 is 0. The molecule has 2 nitrogen and oxygen atoms in total. The zero-order valence-corrected chi connectivity index (χ0v) is 9.21. The minimum atomic E-state index is -3.11. The van der Waals surface area contributed by atoms with Crippen LogP contribution < -0.4 is 0 Å². The van der Waals surface area contributed by atoms with Crippen molar-refractivity contribution in [1.82, 2.24) is 0 Å². The maximum Gasteiger partial charge on any atom is 0.184 e. The van der Waals surface area contributed by atoms with E-state index < -0.39 is 14.6 Å². The number of sulfone groups is 1. The number of hydrogen-bond donors (Lipinski definition) is 0. The molecule has 0 saturated heterocycles. The number of rotatable bonds is 2. The highest BCUT2D eigenvalue weighted by Crippen LogP contribution is 2.51. The van der Waals surface area contributed by atoms with Crippen molar-refractivity contribution in [3.8, 4) is 0 Å². The third-order valence-electron chi connectivity index (χ3n) is 3.26. The molecule has 0 bridgehead atoms. The summed E-state index contributed by atoms with van der Waals surface area (Å²) in [6.45, 7) is 3.82. The summed E-state index contributed by atoms with van der Waals surface area (Å²) in [7, 11) is -3.11. The van der Waals surface area contributed by atoms with E-state index in [-0.39, 0.29) is 5.92 Å². The highest BCUT2D eigenvalue weighted by Gasteiger charge is 2.57. The Morgan fingerprint density at radius 3 is 2.21 bits per heavy atom. The van der Waals surface area contributed by atoms with Crippen LogP contribution in [-0.2, 0) is 9.84 Å². The first-order valence-corrected chi connectivity index (χ1v) is 6.26. The standard InChI is InChI=1S/C11H14O2S/c1-9-8-11(9,2)14(12,13)10-6-4-3-5-7-10/h3-7,9H,8H2,1-2H3/t9-,11+/m0/s1. The van der Waals surface area contributed by atoms with Gasteiger partial charge in [-0.3, -0.25) is 0 Å². The molecule has 1 saturated carbocycles. The Balaban J connectivity index is 2.45. The first-order valence-electron chi connectivity index (χ1n) is 4.78. The van der Waals surface area contributed by atoms with Gasteiger partial charge in [0.25, 0.3) is 0 Å². The smallest absolute Gasteiger partial charge is 0.184 e. The van der Waals surface area contributed by atoms with Gasteiger partial charge < -0.3 is 0 Å². The molecule has 1 aromatic carbocycles. The van der Waals surface area contributed by atoms with E-state index in [1.807, 2.05) is 19.9 Å². The van der Waals surface area contributed by atoms with Crippen LogP contribution in [-0.4, -0.2) is 13.2 Å². The van der Waals surface area contributed by atoms with Gasteiger partial charge in [-0.05, 0) is 31.4 Å². The van der Waals surface area contributed by atoms with Crippen molar-refractivity contribution in [2.45, 2.75) is 29.9 Å². The zero-order chi connectivity index (χ0) is 10.4. The summed E-state index contributed by atoms with van der Waals surface area (Å²) in [5.74, 6) is 0.285. The minimum Gasteiger partial charge on any atom is -0.223 e. The minimum absolute atomic E-state index is 0.285. The van der Waals surface area contributed by atoms with Gasteiger partial charge in [0.15, 0.2) is 9.84 Å². The Hall–Kier alpha value is -0.830. The molecule has 1 aliphatic rings. The SMILES string of the molecule is C[C@H]1C[C@@]1(C)S(=O)(=O)c1ccccc1. The van der Waals surface area contributed by atoms with Crippen molar-refractivity contribution in [1.29, 1.82) is 0 Å². The van der Waals surface area contributed by atoms with Gasteiger partial charge in [0, 0.05) is 0 Å². The number of hydrogen-bond acceptors (Lipinski definition) is 2. The van der Waals surface area contributed by atoms with Crippen LogP contribution in [0.15, 0.2) is 35.2 Å². The van der Waals surface area contributed by atoms with E-state index >= 15 is 0 Å². The second-order valence-corrected chi connectivity index (χ2v) is 6.65. The van der Waals surface area contributed by atoms with Gasteiger partial charge in [0.2, 0.25) is 0 Å². The van der Waals surface area contributed by atoms with Crippen molar-refractivity contribution >= 4 is 9.84 Å². The highest BCUT2D eigenvalue weighted by atomic mass is 32.2. The molecule has 2 rings (SSSR count). The van der Waals surface area contributed by atoms with Crippen molar-refractivity contribution in [2.75, 3.05) is 0 Å². The normalized spacial score (nSPS) is 31.4. The molecule has 1 aliphatic carbocycles. The van der Waals surface area contributed by atoms with Crippen molar-refractivity contribution in [3.63, 3.8) is 0 Å². The second-order valence-electron chi connectivity index (χ2n) is 4.23. The average Bonchev–Trinajstić information content (AvgIpc) is 2.78. The highest BCUT2D eigenvalue weighted by molar-refractivity contribution is 7.93. The Labute approximate surface area is 84.9 Å². The monoisotopic (exact) mass is 210 g/mol. The summed E-state index contributed by atoms with van der Waals surface area (Å²) in [6.07, 6.45) is 0.782. The molecule has 0 radical (unpaired) electrons. The van der Waals surface area contributed by atoms with E-state index in [0.29, 0.717) is 4.90 Å². The molecule has 0 heterocycles. The lowest BCUT2D eigenvalue weighted by Crippen LogP contribution is -2.21. The first-order chi connectivity index (χ1) is 6.48. The lowest BCUT2D eigenvalue weighted by atomic mass is 10.4. The van der Waals surface area contributed by atoms with E-state index in [1.165, 1.54) is 0 Å². The lowest BCUT2D eigenvalue weighted by Gasteiger charge is -2.11. The molecule has 76 valence electrons. The lowest BCUT2D eigenvalue weighted by molar-refractivity contribution is 0.577. The molecule has 3 heteroatoms. The molecule has 0 amide bonds. The van der Waals surface area contributed by atoms with E-state index in [2.05, 4.69) is 0 Å². The topological polar surface area (TPSA) is 34.1 Å². The fraction of sp³-hybridized carbons (Fsp3) is 0.455. The van der Waals surface area contributed by atoms with E-state index in [0.717, 1.165) is 6.42 Å². The first kappa shape index (κ1) is 9.71. The third kappa shape index (κ3) is 1.19. The predicted octanol–water partition coefficient (Wildman–Crippen LogP) is 2.26. The van der Waals surface area contributed by atoms with Gasteiger partial charge in [-0.15, -0.1) is 0 Å². The van der Waals surface area contributed by atoms with Crippen molar-refractivity contribution < 1.29 is 8.42 Å². The van der Waals surface area contributed by atoms with Gasteiger partial charge >= 0.3 is 0 Å². The maximum absolute atomic E-state index is 12.1. The van der Waals surface area contributed by atoms with Crippen LogP contribution >= 0.6 is 0 Å². The summed E-state index contributed by atoms with van der Waals surface area (Å²) < 4.78 is 23.7. The molecular formula is C11H14O2S. The Morgan fingerprint density at radius 2 is 1.79 bits per heavy atom. The quantitative estimate of drug-likeness (QED) is 0.750. The summed E-state index contributed by atoms with van der Waals surface area (Å²) in [5, 5.41) is 0. The Morgan fingerprint density at radius 1 is 1.29 bits per heavy atom. The molecule has 0 N–H and O–H groups in total. The van der Waals surface area contributed by atoms with Crippen LogP contribution in [0.4, 0.5) is 0 Å².